The summed E-state index contributed by atoms with van der Waals surface area (Å²) in [5.74, 6) is 7.11. The van der Waals surface area contributed by atoms with Crippen molar-refractivity contribution in [1.82, 2.24) is 5.32 Å². The smallest absolute Gasteiger partial charge is 0.262 e. The standard InChI is InChI=1S/C13H16N2OS/c1-9-7-11(9)8-15-13(16)12-10(3-2-5-14)4-6-17-12/h4,6,9,11H,5,7-8,14H2,1H3,(H,15,16). The lowest BCUT2D eigenvalue weighted by molar-refractivity contribution is 0.0955. The summed E-state index contributed by atoms with van der Waals surface area (Å²) in [7, 11) is 0. The summed E-state index contributed by atoms with van der Waals surface area (Å²) >= 11 is 1.43. The molecule has 2 atom stereocenters. The summed E-state index contributed by atoms with van der Waals surface area (Å²) in [6, 6.07) is 1.86. The van der Waals surface area contributed by atoms with Crippen LogP contribution < -0.4 is 11.1 Å². The van der Waals surface area contributed by atoms with E-state index in [1.165, 1.54) is 17.8 Å². The number of hydrogen-bond acceptors (Lipinski definition) is 3. The van der Waals surface area contributed by atoms with Crippen LogP contribution in [0.3, 0.4) is 0 Å². The van der Waals surface area contributed by atoms with E-state index in [4.69, 9.17) is 5.73 Å². The van der Waals surface area contributed by atoms with E-state index >= 15 is 0 Å². The molecule has 0 saturated heterocycles. The lowest BCUT2D eigenvalue weighted by Gasteiger charge is -2.02. The number of nitrogens with one attached hydrogen (secondary N) is 1. The first kappa shape index (κ1) is 12.2. The monoisotopic (exact) mass is 248 g/mol. The van der Waals surface area contributed by atoms with Crippen molar-refractivity contribution in [2.45, 2.75) is 13.3 Å². The van der Waals surface area contributed by atoms with E-state index in [1.807, 2.05) is 11.4 Å². The fourth-order valence-corrected chi connectivity index (χ4v) is 2.48. The van der Waals surface area contributed by atoms with Gasteiger partial charge >= 0.3 is 0 Å². The molecule has 4 heteroatoms. The quantitative estimate of drug-likeness (QED) is 0.795. The highest BCUT2D eigenvalue weighted by atomic mass is 32.1. The number of carbonyl (C=O) groups excluding carboxylic acids is 1. The van der Waals surface area contributed by atoms with Crippen LogP contribution in [0.25, 0.3) is 0 Å². The van der Waals surface area contributed by atoms with E-state index in [1.54, 1.807) is 0 Å². The molecule has 0 aliphatic heterocycles. The zero-order valence-electron chi connectivity index (χ0n) is 9.82. The van der Waals surface area contributed by atoms with E-state index in [0.29, 0.717) is 17.3 Å². The molecule has 3 nitrogen and oxygen atoms in total. The van der Waals surface area contributed by atoms with Gasteiger partial charge in [0.1, 0.15) is 4.88 Å². The molecule has 1 aromatic rings. The van der Waals surface area contributed by atoms with Gasteiger partial charge < -0.3 is 11.1 Å². The van der Waals surface area contributed by atoms with Crippen LogP contribution in [0.15, 0.2) is 11.4 Å². The molecule has 0 bridgehead atoms. The molecule has 0 aromatic carbocycles. The largest absolute Gasteiger partial charge is 0.351 e. The van der Waals surface area contributed by atoms with E-state index in [2.05, 4.69) is 24.1 Å². The van der Waals surface area contributed by atoms with Gasteiger partial charge in [0.25, 0.3) is 5.91 Å². The van der Waals surface area contributed by atoms with E-state index in [9.17, 15) is 4.79 Å². The Labute approximate surface area is 105 Å². The van der Waals surface area contributed by atoms with Gasteiger partial charge in [-0.25, -0.2) is 0 Å². The predicted molar refractivity (Wildman–Crippen MR) is 69.9 cm³/mol. The minimum atomic E-state index is -0.0135. The molecule has 0 spiro atoms. The second-order valence-electron chi connectivity index (χ2n) is 4.35. The first-order valence-electron chi connectivity index (χ1n) is 5.77. The highest BCUT2D eigenvalue weighted by Gasteiger charge is 2.32. The SMILES string of the molecule is CC1CC1CNC(=O)c1sccc1C#CCN. The van der Waals surface area contributed by atoms with E-state index in [0.717, 1.165) is 18.0 Å². The molecule has 1 aliphatic carbocycles. The molecule has 3 N–H and O–H groups in total. The van der Waals surface area contributed by atoms with Gasteiger partial charge in [-0.3, -0.25) is 4.79 Å². The molecule has 1 amide bonds. The highest BCUT2D eigenvalue weighted by Crippen LogP contribution is 2.36. The maximum atomic E-state index is 11.9. The maximum Gasteiger partial charge on any atom is 0.262 e. The molecule has 1 aliphatic rings. The Kier molecular flexibility index (Phi) is 3.82. The van der Waals surface area contributed by atoms with Crippen LogP contribution in [0.1, 0.15) is 28.6 Å². The average molecular weight is 248 g/mol. The van der Waals surface area contributed by atoms with Gasteiger partial charge in [-0.15, -0.1) is 11.3 Å². The topological polar surface area (TPSA) is 55.1 Å². The molecule has 2 rings (SSSR count). The Bertz CT molecular complexity index is 469. The number of rotatable bonds is 3. The van der Waals surface area contributed by atoms with Gasteiger partial charge in [0.05, 0.1) is 6.54 Å². The van der Waals surface area contributed by atoms with E-state index < -0.39 is 0 Å². The molecule has 1 aromatic heterocycles. The van der Waals surface area contributed by atoms with Crippen LogP contribution in [0.4, 0.5) is 0 Å². The van der Waals surface area contributed by atoms with Crippen molar-refractivity contribution in [3.05, 3.63) is 21.9 Å². The molecule has 17 heavy (non-hydrogen) atoms. The fraction of sp³-hybridized carbons (Fsp3) is 0.462. The fourth-order valence-electron chi connectivity index (χ4n) is 1.72. The lowest BCUT2D eigenvalue weighted by atomic mass is 10.2. The van der Waals surface area contributed by atoms with Crippen LogP contribution in [-0.4, -0.2) is 19.0 Å². The van der Waals surface area contributed by atoms with Crippen LogP contribution in [0.5, 0.6) is 0 Å². The summed E-state index contributed by atoms with van der Waals surface area (Å²) in [4.78, 5) is 12.6. The minimum Gasteiger partial charge on any atom is -0.351 e. The van der Waals surface area contributed by atoms with Crippen molar-refractivity contribution >= 4 is 17.2 Å². The zero-order valence-corrected chi connectivity index (χ0v) is 10.6. The number of thiophene rings is 1. The lowest BCUT2D eigenvalue weighted by Crippen LogP contribution is -2.25. The Morgan fingerprint density at radius 2 is 2.47 bits per heavy atom. The summed E-state index contributed by atoms with van der Waals surface area (Å²) in [5, 5.41) is 4.85. The third-order valence-electron chi connectivity index (χ3n) is 3.00. The molecule has 1 saturated carbocycles. The minimum absolute atomic E-state index is 0.0135. The Hall–Kier alpha value is -1.31. The number of carbonyl (C=O) groups is 1. The first-order chi connectivity index (χ1) is 8.22. The second-order valence-corrected chi connectivity index (χ2v) is 5.27. The molecule has 90 valence electrons. The van der Waals surface area contributed by atoms with Crippen molar-refractivity contribution in [3.63, 3.8) is 0 Å². The Balaban J connectivity index is 1.96. The number of nitrogens with two attached hydrogens (primary N) is 1. The van der Waals surface area contributed by atoms with Gasteiger partial charge in [0, 0.05) is 12.1 Å². The summed E-state index contributed by atoms with van der Waals surface area (Å²) < 4.78 is 0. The second kappa shape index (κ2) is 5.35. The van der Waals surface area contributed by atoms with E-state index in [-0.39, 0.29) is 5.91 Å². The average Bonchev–Trinajstić information content (AvgIpc) is 2.84. The summed E-state index contributed by atoms with van der Waals surface area (Å²) in [5.41, 5.74) is 6.10. The molecule has 1 heterocycles. The van der Waals surface area contributed by atoms with Crippen molar-refractivity contribution in [2.75, 3.05) is 13.1 Å². The molecule has 0 radical (unpaired) electrons. The van der Waals surface area contributed by atoms with Crippen molar-refractivity contribution in [1.29, 1.82) is 0 Å². The summed E-state index contributed by atoms with van der Waals surface area (Å²) in [6.45, 7) is 3.30. The van der Waals surface area contributed by atoms with Crippen LogP contribution in [-0.2, 0) is 0 Å². The number of amides is 1. The van der Waals surface area contributed by atoms with Gasteiger partial charge in [-0.05, 0) is 29.7 Å². The summed E-state index contributed by atoms with van der Waals surface area (Å²) in [6.07, 6.45) is 1.23. The van der Waals surface area contributed by atoms with Crippen LogP contribution in [0, 0.1) is 23.7 Å². The molecule has 2 unspecified atom stereocenters. The Morgan fingerprint density at radius 1 is 1.71 bits per heavy atom. The molecular weight excluding hydrogens is 232 g/mol. The third-order valence-corrected chi connectivity index (χ3v) is 3.91. The first-order valence-corrected chi connectivity index (χ1v) is 6.65. The van der Waals surface area contributed by atoms with Crippen molar-refractivity contribution in [3.8, 4) is 11.8 Å². The van der Waals surface area contributed by atoms with Gasteiger partial charge in [0.2, 0.25) is 0 Å². The van der Waals surface area contributed by atoms with Gasteiger partial charge in [-0.1, -0.05) is 18.8 Å². The molecule has 1 fully saturated rings. The third kappa shape index (κ3) is 3.09. The number of hydrogen-bond donors (Lipinski definition) is 2. The van der Waals surface area contributed by atoms with Crippen molar-refractivity contribution < 1.29 is 4.79 Å². The predicted octanol–water partition coefficient (Wildman–Crippen LogP) is 1.44. The van der Waals surface area contributed by atoms with Gasteiger partial charge in [-0.2, -0.15) is 0 Å². The highest BCUT2D eigenvalue weighted by molar-refractivity contribution is 7.12. The normalized spacial score (nSPS) is 21.5. The Morgan fingerprint density at radius 3 is 3.12 bits per heavy atom. The molecular formula is C13H16N2OS. The van der Waals surface area contributed by atoms with Gasteiger partial charge in [0.15, 0.2) is 0 Å². The van der Waals surface area contributed by atoms with Crippen LogP contribution >= 0.6 is 11.3 Å². The van der Waals surface area contributed by atoms with Crippen molar-refractivity contribution in [2.24, 2.45) is 17.6 Å². The maximum absolute atomic E-state index is 11.9. The zero-order chi connectivity index (χ0) is 12.3. The van der Waals surface area contributed by atoms with Crippen LogP contribution in [0.2, 0.25) is 0 Å².